The molecule has 2 rings (SSSR count). The summed E-state index contributed by atoms with van der Waals surface area (Å²) in [7, 11) is 0. The normalized spacial score (nSPS) is 10.2. The molecule has 20 heavy (non-hydrogen) atoms. The van der Waals surface area contributed by atoms with Crippen molar-refractivity contribution in [2.45, 2.75) is 0 Å². The fourth-order valence-electron chi connectivity index (χ4n) is 1.49. The number of hydrogen-bond acceptors (Lipinski definition) is 4. The van der Waals surface area contributed by atoms with Gasteiger partial charge in [0.25, 0.3) is 5.91 Å². The van der Waals surface area contributed by atoms with Gasteiger partial charge in [-0.2, -0.15) is 0 Å². The number of hydrogen-bond donors (Lipinski definition) is 3. The van der Waals surface area contributed by atoms with E-state index in [1.807, 2.05) is 0 Å². The summed E-state index contributed by atoms with van der Waals surface area (Å²) in [5.41, 5.74) is 2.06. The van der Waals surface area contributed by atoms with Crippen molar-refractivity contribution in [3.63, 3.8) is 0 Å². The molecule has 8 heteroatoms. The molecule has 5 nitrogen and oxygen atoms in total. The molecule has 0 saturated heterocycles. The summed E-state index contributed by atoms with van der Waals surface area (Å²) in [6, 6.07) is 5.33. The minimum Gasteiger partial charge on any atom is -0.319 e. The Hall–Kier alpha value is -2.25. The summed E-state index contributed by atoms with van der Waals surface area (Å²) in [6.07, 6.45) is 0. The van der Waals surface area contributed by atoms with E-state index in [-0.39, 0.29) is 22.2 Å². The third-order valence-electron chi connectivity index (χ3n) is 2.38. The van der Waals surface area contributed by atoms with Crippen LogP contribution in [0, 0.1) is 11.6 Å². The highest BCUT2D eigenvalue weighted by molar-refractivity contribution is 6.30. The SMILES string of the molecule is NNc1cc(C(=O)Nc2cc(F)ccc2F)cc(Cl)n1. The van der Waals surface area contributed by atoms with Crippen LogP contribution in [-0.2, 0) is 0 Å². The monoisotopic (exact) mass is 298 g/mol. The molecule has 0 atom stereocenters. The van der Waals surface area contributed by atoms with Crippen molar-refractivity contribution >= 4 is 29.0 Å². The number of nitrogens with one attached hydrogen (secondary N) is 2. The smallest absolute Gasteiger partial charge is 0.255 e. The number of rotatable bonds is 3. The van der Waals surface area contributed by atoms with E-state index in [0.29, 0.717) is 0 Å². The second-order valence-corrected chi connectivity index (χ2v) is 4.17. The first-order valence-corrected chi connectivity index (χ1v) is 5.78. The summed E-state index contributed by atoms with van der Waals surface area (Å²) < 4.78 is 26.4. The van der Waals surface area contributed by atoms with Gasteiger partial charge in [-0.05, 0) is 24.3 Å². The van der Waals surface area contributed by atoms with Crippen LogP contribution in [0.25, 0.3) is 0 Å². The van der Waals surface area contributed by atoms with E-state index in [0.717, 1.165) is 18.2 Å². The van der Waals surface area contributed by atoms with Gasteiger partial charge >= 0.3 is 0 Å². The zero-order chi connectivity index (χ0) is 14.7. The van der Waals surface area contributed by atoms with Gasteiger partial charge in [0.05, 0.1) is 5.69 Å². The molecule has 0 spiro atoms. The van der Waals surface area contributed by atoms with Gasteiger partial charge in [-0.1, -0.05) is 11.6 Å². The Kier molecular flexibility index (Phi) is 4.11. The summed E-state index contributed by atoms with van der Waals surface area (Å²) in [4.78, 5) is 15.7. The molecule has 4 N–H and O–H groups in total. The maximum Gasteiger partial charge on any atom is 0.255 e. The standard InChI is InChI=1S/C12H9ClF2N4O/c13-10-3-6(4-11(18-10)19-16)12(20)17-9-5-7(14)1-2-8(9)15/h1-5H,16H2,(H,17,20)(H,18,19). The van der Waals surface area contributed by atoms with Crippen molar-refractivity contribution in [1.82, 2.24) is 4.98 Å². The van der Waals surface area contributed by atoms with Crippen molar-refractivity contribution in [3.05, 3.63) is 52.7 Å². The number of hydrazine groups is 1. The molecular formula is C12H9ClF2N4O. The van der Waals surface area contributed by atoms with Crippen LogP contribution in [0.4, 0.5) is 20.3 Å². The van der Waals surface area contributed by atoms with Gasteiger partial charge < -0.3 is 10.7 Å². The van der Waals surface area contributed by atoms with Crippen LogP contribution in [0.2, 0.25) is 5.15 Å². The highest BCUT2D eigenvalue weighted by Crippen LogP contribution is 2.18. The molecule has 1 amide bonds. The summed E-state index contributed by atoms with van der Waals surface area (Å²) in [5, 5.41) is 2.27. The van der Waals surface area contributed by atoms with Gasteiger partial charge in [0.15, 0.2) is 0 Å². The first-order valence-electron chi connectivity index (χ1n) is 5.40. The average molecular weight is 299 g/mol. The van der Waals surface area contributed by atoms with Gasteiger partial charge in [-0.15, -0.1) is 0 Å². The zero-order valence-electron chi connectivity index (χ0n) is 9.95. The number of amides is 1. The molecule has 0 aliphatic carbocycles. The molecular weight excluding hydrogens is 290 g/mol. The Bertz CT molecular complexity index is 666. The Balaban J connectivity index is 2.28. The molecule has 2 aromatic rings. The van der Waals surface area contributed by atoms with Gasteiger partial charge in [-0.25, -0.2) is 19.6 Å². The lowest BCUT2D eigenvalue weighted by Gasteiger charge is -2.08. The van der Waals surface area contributed by atoms with E-state index in [1.165, 1.54) is 12.1 Å². The number of carbonyl (C=O) groups excluding carboxylic acids is 1. The molecule has 1 heterocycles. The zero-order valence-corrected chi connectivity index (χ0v) is 10.7. The van der Waals surface area contributed by atoms with E-state index < -0.39 is 17.5 Å². The topological polar surface area (TPSA) is 80.0 Å². The highest BCUT2D eigenvalue weighted by atomic mass is 35.5. The number of halogens is 3. The van der Waals surface area contributed by atoms with Gasteiger partial charge in [0, 0.05) is 11.6 Å². The molecule has 0 aliphatic rings. The number of nitrogens with zero attached hydrogens (tertiary/aromatic N) is 1. The fourth-order valence-corrected chi connectivity index (χ4v) is 1.70. The maximum absolute atomic E-state index is 13.4. The van der Waals surface area contributed by atoms with E-state index in [4.69, 9.17) is 17.4 Å². The molecule has 0 fully saturated rings. The van der Waals surface area contributed by atoms with Crippen LogP contribution in [0.5, 0.6) is 0 Å². The predicted octanol–water partition coefficient (Wildman–Crippen LogP) is 2.55. The second kappa shape index (κ2) is 5.81. The van der Waals surface area contributed by atoms with Crippen LogP contribution in [0.1, 0.15) is 10.4 Å². The number of aromatic nitrogens is 1. The number of carbonyl (C=O) groups is 1. The number of nitrogens with two attached hydrogens (primary N) is 1. The van der Waals surface area contributed by atoms with Crippen molar-refractivity contribution in [2.24, 2.45) is 5.84 Å². The van der Waals surface area contributed by atoms with Gasteiger partial charge in [-0.3, -0.25) is 4.79 Å². The first kappa shape index (κ1) is 14.2. The molecule has 1 aromatic heterocycles. The average Bonchev–Trinajstić information content (AvgIpc) is 2.42. The van der Waals surface area contributed by atoms with Crippen LogP contribution in [0.15, 0.2) is 30.3 Å². The number of anilines is 2. The Morgan fingerprint density at radius 3 is 2.70 bits per heavy atom. The van der Waals surface area contributed by atoms with Crippen molar-refractivity contribution < 1.29 is 13.6 Å². The van der Waals surface area contributed by atoms with Crippen LogP contribution >= 0.6 is 11.6 Å². The van der Waals surface area contributed by atoms with Crippen molar-refractivity contribution in [1.29, 1.82) is 0 Å². The lowest BCUT2D eigenvalue weighted by Crippen LogP contribution is -2.15. The first-order chi connectivity index (χ1) is 9.49. The number of pyridine rings is 1. The summed E-state index contributed by atoms with van der Waals surface area (Å²) in [5.74, 6) is 3.25. The molecule has 0 saturated carbocycles. The minimum atomic E-state index is -0.753. The number of nitrogen functional groups attached to an aromatic ring is 1. The summed E-state index contributed by atoms with van der Waals surface area (Å²) >= 11 is 5.71. The van der Waals surface area contributed by atoms with E-state index in [9.17, 15) is 13.6 Å². The fraction of sp³-hybridized carbons (Fsp3) is 0. The molecule has 1 aromatic carbocycles. The van der Waals surface area contributed by atoms with Gasteiger partial charge in [0.1, 0.15) is 22.6 Å². The predicted molar refractivity (Wildman–Crippen MR) is 71.4 cm³/mol. The minimum absolute atomic E-state index is 0.0327. The van der Waals surface area contributed by atoms with Crippen molar-refractivity contribution in [2.75, 3.05) is 10.7 Å². The Morgan fingerprint density at radius 2 is 2.00 bits per heavy atom. The summed E-state index contributed by atoms with van der Waals surface area (Å²) in [6.45, 7) is 0. The lowest BCUT2D eigenvalue weighted by atomic mass is 10.2. The quantitative estimate of drug-likeness (QED) is 0.462. The highest BCUT2D eigenvalue weighted by Gasteiger charge is 2.12. The largest absolute Gasteiger partial charge is 0.319 e. The van der Waals surface area contributed by atoms with Crippen LogP contribution < -0.4 is 16.6 Å². The maximum atomic E-state index is 13.4. The molecule has 0 bridgehead atoms. The van der Waals surface area contributed by atoms with Crippen LogP contribution in [0.3, 0.4) is 0 Å². The van der Waals surface area contributed by atoms with E-state index in [1.54, 1.807) is 0 Å². The third-order valence-corrected chi connectivity index (χ3v) is 2.57. The van der Waals surface area contributed by atoms with Crippen molar-refractivity contribution in [3.8, 4) is 0 Å². The lowest BCUT2D eigenvalue weighted by molar-refractivity contribution is 0.102. The Labute approximate surface area is 117 Å². The molecule has 0 radical (unpaired) electrons. The van der Waals surface area contributed by atoms with E-state index >= 15 is 0 Å². The van der Waals surface area contributed by atoms with Gasteiger partial charge in [0.2, 0.25) is 0 Å². The molecule has 104 valence electrons. The molecule has 0 aliphatic heterocycles. The second-order valence-electron chi connectivity index (χ2n) is 3.79. The third kappa shape index (κ3) is 3.19. The Morgan fingerprint density at radius 1 is 1.25 bits per heavy atom. The number of benzene rings is 1. The molecule has 0 unspecified atom stereocenters. The van der Waals surface area contributed by atoms with E-state index in [2.05, 4.69) is 15.7 Å². The van der Waals surface area contributed by atoms with Crippen LogP contribution in [-0.4, -0.2) is 10.9 Å².